The Kier molecular flexibility index (Phi) is 5.43. The van der Waals surface area contributed by atoms with Crippen LogP contribution in [0.15, 0.2) is 17.5 Å². The molecule has 0 aromatic carbocycles. The van der Waals surface area contributed by atoms with E-state index in [2.05, 4.69) is 10.2 Å². The molecule has 1 aromatic heterocycles. The van der Waals surface area contributed by atoms with Crippen LogP contribution in [-0.4, -0.2) is 81.2 Å². The van der Waals surface area contributed by atoms with Crippen LogP contribution in [0.5, 0.6) is 0 Å². The second-order valence-electron chi connectivity index (χ2n) is 6.17. The van der Waals surface area contributed by atoms with Gasteiger partial charge in [0.2, 0.25) is 0 Å². The lowest BCUT2D eigenvalue weighted by Gasteiger charge is -2.43. The van der Waals surface area contributed by atoms with Crippen LogP contribution in [0.3, 0.4) is 0 Å². The van der Waals surface area contributed by atoms with Gasteiger partial charge in [0.05, 0.1) is 30.7 Å². The van der Waals surface area contributed by atoms with Crippen molar-refractivity contribution in [3.63, 3.8) is 0 Å². The molecule has 134 valence electrons. The number of hydrogen-bond donors (Lipinski definition) is 1. The fourth-order valence-electron chi connectivity index (χ4n) is 3.44. The third-order valence-electron chi connectivity index (χ3n) is 4.63. The number of carbonyl (C=O) groups is 1. The standard InChI is InChI=1S/C15H23N3O4S2/c1-22-7-6-17-4-5-18(14-11-24(20,21)10-13(14)17)15(19)16-9-12-3-2-8-23-12/h2-3,8,13-14H,4-7,9-11H2,1H3,(H,16,19). The maximum atomic E-state index is 12.5. The molecule has 2 atom stereocenters. The van der Waals surface area contributed by atoms with E-state index in [0.717, 1.165) is 4.88 Å². The zero-order chi connectivity index (χ0) is 17.2. The van der Waals surface area contributed by atoms with Crippen molar-refractivity contribution in [2.24, 2.45) is 0 Å². The van der Waals surface area contributed by atoms with E-state index in [0.29, 0.717) is 32.8 Å². The van der Waals surface area contributed by atoms with E-state index in [4.69, 9.17) is 4.74 Å². The molecule has 3 heterocycles. The number of urea groups is 1. The monoisotopic (exact) mass is 373 g/mol. The Morgan fingerprint density at radius 1 is 1.38 bits per heavy atom. The molecule has 2 aliphatic heterocycles. The van der Waals surface area contributed by atoms with E-state index in [1.54, 1.807) is 23.3 Å². The molecule has 1 aromatic rings. The predicted molar refractivity (Wildman–Crippen MR) is 92.9 cm³/mol. The van der Waals surface area contributed by atoms with Crippen LogP contribution in [-0.2, 0) is 21.1 Å². The lowest BCUT2D eigenvalue weighted by molar-refractivity contribution is 0.0465. The molecule has 0 radical (unpaired) electrons. The van der Waals surface area contributed by atoms with Crippen molar-refractivity contribution >= 4 is 27.2 Å². The summed E-state index contributed by atoms with van der Waals surface area (Å²) in [7, 11) is -1.48. The summed E-state index contributed by atoms with van der Waals surface area (Å²) in [5, 5.41) is 4.88. The molecule has 2 amide bonds. The summed E-state index contributed by atoms with van der Waals surface area (Å²) in [6.45, 7) is 2.94. The fourth-order valence-corrected chi connectivity index (χ4v) is 6.10. The zero-order valence-corrected chi connectivity index (χ0v) is 15.3. The van der Waals surface area contributed by atoms with Gasteiger partial charge in [-0.15, -0.1) is 11.3 Å². The summed E-state index contributed by atoms with van der Waals surface area (Å²) in [5.41, 5.74) is 0. The van der Waals surface area contributed by atoms with Gasteiger partial charge in [-0.1, -0.05) is 6.07 Å². The molecule has 3 rings (SSSR count). The normalized spacial score (nSPS) is 26.3. The molecule has 2 unspecified atom stereocenters. The number of ether oxygens (including phenoxy) is 1. The van der Waals surface area contributed by atoms with Crippen LogP contribution in [0.25, 0.3) is 0 Å². The first-order chi connectivity index (χ1) is 11.5. The quantitative estimate of drug-likeness (QED) is 0.808. The number of hydrogen-bond acceptors (Lipinski definition) is 6. The largest absolute Gasteiger partial charge is 0.383 e. The molecular weight excluding hydrogens is 350 g/mol. The van der Waals surface area contributed by atoms with Gasteiger partial charge in [-0.05, 0) is 11.4 Å². The third kappa shape index (κ3) is 3.90. The summed E-state index contributed by atoms with van der Waals surface area (Å²) in [6, 6.07) is 3.33. The van der Waals surface area contributed by atoms with Crippen LogP contribution in [0.4, 0.5) is 4.79 Å². The third-order valence-corrected chi connectivity index (χ3v) is 7.20. The first kappa shape index (κ1) is 17.7. The van der Waals surface area contributed by atoms with E-state index in [9.17, 15) is 13.2 Å². The van der Waals surface area contributed by atoms with Gasteiger partial charge in [0.25, 0.3) is 0 Å². The average Bonchev–Trinajstić information content (AvgIpc) is 3.16. The Hall–Kier alpha value is -1.16. The van der Waals surface area contributed by atoms with Gasteiger partial charge in [0, 0.05) is 37.7 Å². The molecule has 1 N–H and O–H groups in total. The van der Waals surface area contributed by atoms with Crippen molar-refractivity contribution < 1.29 is 17.9 Å². The number of piperazine rings is 1. The highest BCUT2D eigenvalue weighted by molar-refractivity contribution is 7.91. The van der Waals surface area contributed by atoms with E-state index in [1.165, 1.54) is 0 Å². The summed E-state index contributed by atoms with van der Waals surface area (Å²) in [5.74, 6) is 0.170. The Bertz CT molecular complexity index is 662. The molecule has 0 saturated carbocycles. The van der Waals surface area contributed by atoms with Crippen LogP contribution in [0, 0.1) is 0 Å². The van der Waals surface area contributed by atoms with Crippen molar-refractivity contribution in [3.05, 3.63) is 22.4 Å². The van der Waals surface area contributed by atoms with Gasteiger partial charge in [0.1, 0.15) is 0 Å². The van der Waals surface area contributed by atoms with Crippen molar-refractivity contribution in [2.45, 2.75) is 18.6 Å². The molecule has 7 nitrogen and oxygen atoms in total. The molecule has 0 bridgehead atoms. The van der Waals surface area contributed by atoms with Crippen LogP contribution < -0.4 is 5.32 Å². The summed E-state index contributed by atoms with van der Waals surface area (Å²) >= 11 is 1.59. The number of fused-ring (bicyclic) bond motifs is 1. The Balaban J connectivity index is 1.67. The number of nitrogens with one attached hydrogen (secondary N) is 1. The number of thiophene rings is 1. The highest BCUT2D eigenvalue weighted by Crippen LogP contribution is 2.27. The maximum absolute atomic E-state index is 12.5. The molecule has 9 heteroatoms. The van der Waals surface area contributed by atoms with Gasteiger partial charge in [-0.2, -0.15) is 0 Å². The highest BCUT2D eigenvalue weighted by Gasteiger charge is 2.47. The lowest BCUT2D eigenvalue weighted by atomic mass is 10.1. The van der Waals surface area contributed by atoms with Gasteiger partial charge < -0.3 is 15.0 Å². The molecular formula is C15H23N3O4S2. The fraction of sp³-hybridized carbons (Fsp3) is 0.667. The Morgan fingerprint density at radius 3 is 2.88 bits per heavy atom. The van der Waals surface area contributed by atoms with E-state index in [-0.39, 0.29) is 29.6 Å². The molecule has 0 spiro atoms. The van der Waals surface area contributed by atoms with Crippen LogP contribution in [0.1, 0.15) is 4.88 Å². The number of carbonyl (C=O) groups excluding carboxylic acids is 1. The molecule has 2 saturated heterocycles. The minimum absolute atomic E-state index is 0.0492. The smallest absolute Gasteiger partial charge is 0.318 e. The van der Waals surface area contributed by atoms with E-state index < -0.39 is 9.84 Å². The number of methoxy groups -OCH3 is 1. The van der Waals surface area contributed by atoms with Gasteiger partial charge in [-0.25, -0.2) is 13.2 Å². The van der Waals surface area contributed by atoms with Gasteiger partial charge >= 0.3 is 6.03 Å². The number of nitrogens with zero attached hydrogens (tertiary/aromatic N) is 2. The van der Waals surface area contributed by atoms with Gasteiger partial charge in [-0.3, -0.25) is 4.90 Å². The highest BCUT2D eigenvalue weighted by atomic mass is 32.2. The number of rotatable bonds is 5. The van der Waals surface area contributed by atoms with Crippen molar-refractivity contribution in [1.82, 2.24) is 15.1 Å². The SMILES string of the molecule is COCCN1CCN(C(=O)NCc2cccs2)C2CS(=O)(=O)CC21. The first-order valence-corrected chi connectivity index (χ1v) is 10.7. The first-order valence-electron chi connectivity index (χ1n) is 8.00. The second-order valence-corrected chi connectivity index (χ2v) is 9.36. The molecule has 2 fully saturated rings. The molecule has 24 heavy (non-hydrogen) atoms. The molecule has 0 aliphatic carbocycles. The lowest BCUT2D eigenvalue weighted by Crippen LogP contribution is -2.62. The van der Waals surface area contributed by atoms with Crippen LogP contribution in [0.2, 0.25) is 0 Å². The summed E-state index contributed by atoms with van der Waals surface area (Å²) in [6.07, 6.45) is 0. The summed E-state index contributed by atoms with van der Waals surface area (Å²) < 4.78 is 29.3. The maximum Gasteiger partial charge on any atom is 0.318 e. The number of amides is 2. The van der Waals surface area contributed by atoms with E-state index >= 15 is 0 Å². The molecule has 2 aliphatic rings. The zero-order valence-electron chi connectivity index (χ0n) is 13.7. The van der Waals surface area contributed by atoms with Crippen molar-refractivity contribution in [3.8, 4) is 0 Å². The topological polar surface area (TPSA) is 79.0 Å². The minimum atomic E-state index is -3.11. The average molecular weight is 374 g/mol. The Labute approximate surface area is 146 Å². The minimum Gasteiger partial charge on any atom is -0.383 e. The van der Waals surface area contributed by atoms with Crippen molar-refractivity contribution in [2.75, 3.05) is 44.9 Å². The van der Waals surface area contributed by atoms with Gasteiger partial charge in [0.15, 0.2) is 9.84 Å². The second kappa shape index (κ2) is 7.38. The van der Waals surface area contributed by atoms with Crippen LogP contribution >= 0.6 is 11.3 Å². The van der Waals surface area contributed by atoms with Crippen molar-refractivity contribution in [1.29, 1.82) is 0 Å². The summed E-state index contributed by atoms with van der Waals surface area (Å²) in [4.78, 5) is 17.5. The number of sulfone groups is 1. The van der Waals surface area contributed by atoms with E-state index in [1.807, 2.05) is 17.5 Å². The predicted octanol–water partition coefficient (Wildman–Crippen LogP) is 0.387. The Morgan fingerprint density at radius 2 is 2.17 bits per heavy atom.